The number of amides is 1. The van der Waals surface area contributed by atoms with Gasteiger partial charge in [-0.2, -0.15) is 0 Å². The van der Waals surface area contributed by atoms with Crippen LogP contribution in [0.2, 0.25) is 0 Å². The van der Waals surface area contributed by atoms with E-state index in [2.05, 4.69) is 10.1 Å². The Labute approximate surface area is 149 Å². The molecule has 2 rings (SSSR count). The maximum absolute atomic E-state index is 12.1. The lowest BCUT2D eigenvalue weighted by molar-refractivity contribution is -0.140. The molecule has 1 aromatic heterocycles. The van der Waals surface area contributed by atoms with Crippen molar-refractivity contribution in [2.45, 2.75) is 19.8 Å². The third kappa shape index (κ3) is 5.17. The molecule has 1 amide bonds. The second-order valence-corrected chi connectivity index (χ2v) is 5.58. The molecule has 0 saturated heterocycles. The predicted molar refractivity (Wildman–Crippen MR) is 91.8 cm³/mol. The largest absolute Gasteiger partial charge is 0.469 e. The third-order valence-electron chi connectivity index (χ3n) is 3.53. The van der Waals surface area contributed by atoms with Gasteiger partial charge >= 0.3 is 11.9 Å². The van der Waals surface area contributed by atoms with Crippen LogP contribution in [0.25, 0.3) is 11.0 Å². The lowest BCUT2D eigenvalue weighted by atomic mass is 10.1. The van der Waals surface area contributed by atoms with E-state index in [9.17, 15) is 19.2 Å². The summed E-state index contributed by atoms with van der Waals surface area (Å²) in [6.45, 7) is 1.56. The number of methoxy groups -OCH3 is 1. The summed E-state index contributed by atoms with van der Waals surface area (Å²) >= 11 is 0. The molecule has 0 unspecified atom stereocenters. The van der Waals surface area contributed by atoms with Gasteiger partial charge < -0.3 is 19.2 Å². The molecule has 0 spiro atoms. The molecule has 138 valence electrons. The zero-order chi connectivity index (χ0) is 19.1. The quantitative estimate of drug-likeness (QED) is 0.585. The van der Waals surface area contributed by atoms with E-state index in [0.717, 1.165) is 11.6 Å². The Bertz CT molecular complexity index is 885. The summed E-state index contributed by atoms with van der Waals surface area (Å²) in [5, 5.41) is 2.87. The summed E-state index contributed by atoms with van der Waals surface area (Å²) in [5.74, 6) is -2.08. The fraction of sp³-hybridized carbons (Fsp3) is 0.333. The van der Waals surface area contributed by atoms with Gasteiger partial charge in [0.1, 0.15) is 5.58 Å². The molecule has 0 aliphatic heterocycles. The Kier molecular flexibility index (Phi) is 6.48. The van der Waals surface area contributed by atoms with E-state index in [1.54, 1.807) is 18.2 Å². The zero-order valence-electron chi connectivity index (χ0n) is 14.5. The van der Waals surface area contributed by atoms with E-state index in [-0.39, 0.29) is 35.7 Å². The zero-order valence-corrected chi connectivity index (χ0v) is 14.5. The van der Waals surface area contributed by atoms with Crippen molar-refractivity contribution < 1.29 is 28.3 Å². The van der Waals surface area contributed by atoms with Crippen LogP contribution in [-0.2, 0) is 19.1 Å². The smallest absolute Gasteiger partial charge is 0.374 e. The van der Waals surface area contributed by atoms with Crippen molar-refractivity contribution >= 4 is 28.8 Å². The summed E-state index contributed by atoms with van der Waals surface area (Å²) in [6, 6.07) is 6.05. The van der Waals surface area contributed by atoms with E-state index in [1.807, 2.05) is 6.92 Å². The molecule has 8 heteroatoms. The molecule has 0 aliphatic rings. The summed E-state index contributed by atoms with van der Waals surface area (Å²) in [7, 11) is 1.28. The van der Waals surface area contributed by atoms with Gasteiger partial charge in [-0.05, 0) is 25.5 Å². The van der Waals surface area contributed by atoms with Crippen LogP contribution in [0.4, 0.5) is 0 Å². The first-order valence-electron chi connectivity index (χ1n) is 7.96. The van der Waals surface area contributed by atoms with Crippen molar-refractivity contribution in [3.05, 3.63) is 45.8 Å². The Morgan fingerprint density at radius 1 is 1.19 bits per heavy atom. The number of nitrogens with one attached hydrogen (secondary N) is 1. The van der Waals surface area contributed by atoms with Crippen LogP contribution in [0.15, 0.2) is 33.5 Å². The van der Waals surface area contributed by atoms with Gasteiger partial charge in [0.05, 0.1) is 12.5 Å². The minimum atomic E-state index is -0.908. The average Bonchev–Trinajstić information content (AvgIpc) is 2.63. The normalized spacial score (nSPS) is 10.4. The fourth-order valence-electron chi connectivity index (χ4n) is 2.19. The molecule has 0 bridgehead atoms. The first-order valence-corrected chi connectivity index (χ1v) is 7.96. The van der Waals surface area contributed by atoms with Gasteiger partial charge in [0.25, 0.3) is 5.91 Å². The molecule has 0 saturated carbocycles. The summed E-state index contributed by atoms with van der Waals surface area (Å²) in [4.78, 5) is 46.6. The van der Waals surface area contributed by atoms with Gasteiger partial charge in [0, 0.05) is 19.0 Å². The van der Waals surface area contributed by atoms with Crippen LogP contribution in [0, 0.1) is 6.92 Å². The Balaban J connectivity index is 1.89. The highest BCUT2D eigenvalue weighted by Crippen LogP contribution is 2.14. The number of esters is 2. The van der Waals surface area contributed by atoms with Crippen molar-refractivity contribution in [1.29, 1.82) is 0 Å². The van der Waals surface area contributed by atoms with Crippen LogP contribution in [0.5, 0.6) is 0 Å². The molecule has 1 aromatic carbocycles. The van der Waals surface area contributed by atoms with Crippen molar-refractivity contribution in [2.75, 3.05) is 20.3 Å². The van der Waals surface area contributed by atoms with Crippen LogP contribution < -0.4 is 10.7 Å². The first-order chi connectivity index (χ1) is 12.4. The van der Waals surface area contributed by atoms with Crippen LogP contribution in [0.1, 0.15) is 29.0 Å². The summed E-state index contributed by atoms with van der Waals surface area (Å²) in [6.07, 6.45) is 0.587. The Morgan fingerprint density at radius 2 is 1.96 bits per heavy atom. The number of hydrogen-bond acceptors (Lipinski definition) is 7. The van der Waals surface area contributed by atoms with E-state index < -0.39 is 18.5 Å². The molecule has 0 radical (unpaired) electrons. The predicted octanol–water partition coefficient (Wildman–Crippen LogP) is 1.33. The van der Waals surface area contributed by atoms with Crippen molar-refractivity contribution in [3.8, 4) is 0 Å². The lowest BCUT2D eigenvalue weighted by Crippen LogP contribution is -2.30. The minimum absolute atomic E-state index is 0.179. The number of fused-ring (bicyclic) bond motifs is 1. The highest BCUT2D eigenvalue weighted by atomic mass is 16.5. The average molecular weight is 361 g/mol. The maximum atomic E-state index is 12.1. The van der Waals surface area contributed by atoms with Crippen LogP contribution >= 0.6 is 0 Å². The Hall–Kier alpha value is -3.16. The van der Waals surface area contributed by atoms with Gasteiger partial charge in [-0.1, -0.05) is 11.6 Å². The van der Waals surface area contributed by atoms with Crippen molar-refractivity contribution in [3.63, 3.8) is 0 Å². The topological polar surface area (TPSA) is 112 Å². The molecule has 0 atom stereocenters. The molecule has 0 fully saturated rings. The molecule has 1 heterocycles. The number of carbonyl (C=O) groups is 3. The van der Waals surface area contributed by atoms with E-state index in [0.29, 0.717) is 11.8 Å². The van der Waals surface area contributed by atoms with Gasteiger partial charge in [0.2, 0.25) is 5.76 Å². The maximum Gasteiger partial charge on any atom is 0.374 e. The minimum Gasteiger partial charge on any atom is -0.469 e. The number of hydrogen-bond donors (Lipinski definition) is 1. The third-order valence-corrected chi connectivity index (χ3v) is 3.53. The van der Waals surface area contributed by atoms with Crippen molar-refractivity contribution in [2.24, 2.45) is 0 Å². The monoisotopic (exact) mass is 361 g/mol. The number of rotatable bonds is 7. The number of benzene rings is 1. The number of aryl methyl sites for hydroxylation is 1. The molecular formula is C18H19NO7. The van der Waals surface area contributed by atoms with Gasteiger partial charge in [-0.15, -0.1) is 0 Å². The fourth-order valence-corrected chi connectivity index (χ4v) is 2.19. The highest BCUT2D eigenvalue weighted by molar-refractivity contribution is 5.90. The lowest BCUT2D eigenvalue weighted by Gasteiger charge is -2.06. The van der Waals surface area contributed by atoms with Gasteiger partial charge in [-0.3, -0.25) is 14.4 Å². The second kappa shape index (κ2) is 8.80. The molecular weight excluding hydrogens is 342 g/mol. The van der Waals surface area contributed by atoms with E-state index in [1.165, 1.54) is 7.11 Å². The molecule has 1 N–H and O–H groups in total. The van der Waals surface area contributed by atoms with Crippen LogP contribution in [0.3, 0.4) is 0 Å². The molecule has 8 nitrogen and oxygen atoms in total. The van der Waals surface area contributed by atoms with Gasteiger partial charge in [0.15, 0.2) is 12.0 Å². The van der Waals surface area contributed by atoms with Crippen LogP contribution in [-0.4, -0.2) is 38.1 Å². The SMILES string of the molecule is COC(=O)CCCNC(=O)COC(=O)c1cc(=O)c2cc(C)ccc2o1. The molecule has 2 aromatic rings. The number of ether oxygens (including phenoxy) is 2. The molecule has 0 aliphatic carbocycles. The number of carbonyl (C=O) groups excluding carboxylic acids is 3. The van der Waals surface area contributed by atoms with E-state index in [4.69, 9.17) is 9.15 Å². The molecule has 26 heavy (non-hydrogen) atoms. The van der Waals surface area contributed by atoms with Gasteiger partial charge in [-0.25, -0.2) is 4.79 Å². The summed E-state index contributed by atoms with van der Waals surface area (Å²) < 4.78 is 14.7. The standard InChI is InChI=1S/C18H19NO7/c1-11-5-6-14-12(8-11)13(20)9-15(26-14)18(23)25-10-16(21)19-7-3-4-17(22)24-2/h5-6,8-9H,3-4,7,10H2,1-2H3,(H,19,21). The van der Waals surface area contributed by atoms with Crippen molar-refractivity contribution in [1.82, 2.24) is 5.32 Å². The Morgan fingerprint density at radius 3 is 2.69 bits per heavy atom. The second-order valence-electron chi connectivity index (χ2n) is 5.58. The van der Waals surface area contributed by atoms with E-state index >= 15 is 0 Å². The highest BCUT2D eigenvalue weighted by Gasteiger charge is 2.15. The first kappa shape index (κ1) is 19.2. The summed E-state index contributed by atoms with van der Waals surface area (Å²) in [5.41, 5.74) is 0.792.